The average Bonchev–Trinajstić information content (AvgIpc) is 2.74. The molecule has 0 saturated carbocycles. The van der Waals surface area contributed by atoms with Crippen molar-refractivity contribution < 1.29 is 14.6 Å². The van der Waals surface area contributed by atoms with Gasteiger partial charge in [-0.1, -0.05) is 0 Å². The monoisotopic (exact) mass is 231 g/mol. The van der Waals surface area contributed by atoms with E-state index >= 15 is 0 Å². The third-order valence-electron chi connectivity index (χ3n) is 2.99. The van der Waals surface area contributed by atoms with E-state index in [4.69, 9.17) is 9.47 Å². The average molecular weight is 231 g/mol. The molecule has 0 amide bonds. The molecule has 1 atom stereocenters. The molecule has 2 aliphatic heterocycles. The summed E-state index contributed by atoms with van der Waals surface area (Å²) in [4.78, 5) is 4.25. The summed E-state index contributed by atoms with van der Waals surface area (Å²) in [5.41, 5.74) is 2.71. The van der Waals surface area contributed by atoms with E-state index in [-0.39, 0.29) is 6.10 Å². The lowest BCUT2D eigenvalue weighted by Gasteiger charge is -2.15. The van der Waals surface area contributed by atoms with Crippen LogP contribution in [0, 0.1) is 6.92 Å². The molecule has 0 aliphatic carbocycles. The summed E-state index contributed by atoms with van der Waals surface area (Å²) in [6.45, 7) is 2.38. The Hall–Kier alpha value is -1.97. The predicted molar refractivity (Wildman–Crippen MR) is 63.5 cm³/mol. The Morgan fingerprint density at radius 3 is 3.06 bits per heavy atom. The van der Waals surface area contributed by atoms with Crippen molar-refractivity contribution in [3.05, 3.63) is 35.7 Å². The van der Waals surface area contributed by atoms with Crippen LogP contribution in [0.25, 0.3) is 0 Å². The third-order valence-corrected chi connectivity index (χ3v) is 2.99. The van der Waals surface area contributed by atoms with Gasteiger partial charge in [0.05, 0.1) is 11.9 Å². The predicted octanol–water partition coefficient (Wildman–Crippen LogP) is 1.95. The molecule has 3 rings (SSSR count). The van der Waals surface area contributed by atoms with E-state index in [1.165, 1.54) is 0 Å². The smallest absolute Gasteiger partial charge is 0.144 e. The van der Waals surface area contributed by atoms with Gasteiger partial charge < -0.3 is 14.6 Å². The highest BCUT2D eigenvalue weighted by atomic mass is 16.5. The molecule has 88 valence electrons. The van der Waals surface area contributed by atoms with Crippen molar-refractivity contribution in [2.75, 3.05) is 6.61 Å². The lowest BCUT2D eigenvalue weighted by molar-refractivity contribution is 0.257. The maximum Gasteiger partial charge on any atom is 0.144 e. The van der Waals surface area contributed by atoms with Gasteiger partial charge in [0.25, 0.3) is 0 Å². The Balaban J connectivity index is 1.90. The summed E-state index contributed by atoms with van der Waals surface area (Å²) in [5, 5.41) is 9.86. The lowest BCUT2D eigenvalue weighted by atomic mass is 10.0. The third kappa shape index (κ3) is 1.75. The van der Waals surface area contributed by atoms with Gasteiger partial charge in [0, 0.05) is 12.0 Å². The first-order valence-electron chi connectivity index (χ1n) is 5.56. The second-order valence-corrected chi connectivity index (χ2v) is 4.29. The number of phenols is 1. The van der Waals surface area contributed by atoms with Crippen LogP contribution in [0.4, 0.5) is 0 Å². The zero-order valence-electron chi connectivity index (χ0n) is 9.51. The SMILES string of the molecule is Cc1cc(O)c2c(c1)OC(C1=NC=COC1)C2. The Labute approximate surface area is 99.2 Å². The number of fused-ring (bicyclic) bond motifs is 1. The van der Waals surface area contributed by atoms with Crippen molar-refractivity contribution in [3.8, 4) is 11.5 Å². The Bertz CT molecular complexity index is 520. The fraction of sp³-hybridized carbons (Fsp3) is 0.308. The van der Waals surface area contributed by atoms with E-state index in [0.29, 0.717) is 18.8 Å². The molecular weight excluding hydrogens is 218 g/mol. The number of ether oxygens (including phenoxy) is 2. The van der Waals surface area contributed by atoms with Gasteiger partial charge >= 0.3 is 0 Å². The number of rotatable bonds is 1. The maximum absolute atomic E-state index is 9.86. The van der Waals surface area contributed by atoms with Gasteiger partial charge in [0.15, 0.2) is 0 Å². The van der Waals surface area contributed by atoms with E-state index in [1.807, 2.05) is 13.0 Å². The first-order chi connectivity index (χ1) is 8.24. The summed E-state index contributed by atoms with van der Waals surface area (Å²) in [5.74, 6) is 1.06. The molecule has 17 heavy (non-hydrogen) atoms. The van der Waals surface area contributed by atoms with Gasteiger partial charge in [0.2, 0.25) is 0 Å². The van der Waals surface area contributed by atoms with E-state index in [0.717, 1.165) is 22.6 Å². The quantitative estimate of drug-likeness (QED) is 0.803. The van der Waals surface area contributed by atoms with Gasteiger partial charge in [-0.25, -0.2) is 0 Å². The van der Waals surface area contributed by atoms with Gasteiger partial charge in [-0.05, 0) is 24.6 Å². The molecule has 1 unspecified atom stereocenters. The van der Waals surface area contributed by atoms with Crippen molar-refractivity contribution in [1.29, 1.82) is 0 Å². The minimum atomic E-state index is -0.123. The molecule has 1 aromatic rings. The molecule has 0 aromatic heterocycles. The highest BCUT2D eigenvalue weighted by Crippen LogP contribution is 2.37. The number of hydrogen-bond acceptors (Lipinski definition) is 4. The zero-order valence-corrected chi connectivity index (χ0v) is 9.51. The van der Waals surface area contributed by atoms with Crippen LogP contribution in [-0.4, -0.2) is 23.5 Å². The summed E-state index contributed by atoms with van der Waals surface area (Å²) in [6, 6.07) is 3.69. The van der Waals surface area contributed by atoms with Crippen molar-refractivity contribution in [3.63, 3.8) is 0 Å². The van der Waals surface area contributed by atoms with Gasteiger partial charge in [0.1, 0.15) is 30.5 Å². The van der Waals surface area contributed by atoms with Gasteiger partial charge in [-0.2, -0.15) is 0 Å². The van der Waals surface area contributed by atoms with Crippen LogP contribution in [0.5, 0.6) is 11.5 Å². The topological polar surface area (TPSA) is 51.0 Å². The molecule has 1 N–H and O–H groups in total. The van der Waals surface area contributed by atoms with Gasteiger partial charge in [-0.15, -0.1) is 0 Å². The molecule has 1 aromatic carbocycles. The molecule has 0 radical (unpaired) electrons. The minimum absolute atomic E-state index is 0.123. The first kappa shape index (κ1) is 10.2. The number of nitrogens with zero attached hydrogens (tertiary/aromatic N) is 1. The van der Waals surface area contributed by atoms with Crippen LogP contribution in [0.1, 0.15) is 11.1 Å². The number of aromatic hydroxyl groups is 1. The van der Waals surface area contributed by atoms with Crippen LogP contribution in [0.15, 0.2) is 29.6 Å². The number of hydrogen-bond donors (Lipinski definition) is 1. The fourth-order valence-corrected chi connectivity index (χ4v) is 2.16. The molecule has 2 aliphatic rings. The molecule has 0 fully saturated rings. The summed E-state index contributed by atoms with van der Waals surface area (Å²) < 4.78 is 11.0. The van der Waals surface area contributed by atoms with Crippen LogP contribution in [0.2, 0.25) is 0 Å². The van der Waals surface area contributed by atoms with Gasteiger partial charge in [-0.3, -0.25) is 4.99 Å². The Morgan fingerprint density at radius 2 is 2.29 bits per heavy atom. The summed E-state index contributed by atoms with van der Waals surface area (Å²) >= 11 is 0. The number of aliphatic imine (C=N–C) groups is 1. The second kappa shape index (κ2) is 3.80. The van der Waals surface area contributed by atoms with Crippen molar-refractivity contribution in [1.82, 2.24) is 0 Å². The maximum atomic E-state index is 9.86. The Kier molecular flexibility index (Phi) is 2.28. The number of aryl methyl sites for hydroxylation is 1. The Morgan fingerprint density at radius 1 is 1.41 bits per heavy atom. The van der Waals surface area contributed by atoms with Crippen LogP contribution < -0.4 is 4.74 Å². The first-order valence-corrected chi connectivity index (χ1v) is 5.56. The zero-order chi connectivity index (χ0) is 11.8. The molecule has 0 bridgehead atoms. The van der Waals surface area contributed by atoms with E-state index in [9.17, 15) is 5.11 Å². The standard InChI is InChI=1S/C13H13NO3/c1-8-4-11(15)9-6-13(17-12(9)5-8)10-7-16-3-2-14-10/h2-5,13,15H,6-7H2,1H3. The van der Waals surface area contributed by atoms with E-state index in [1.54, 1.807) is 18.5 Å². The molecule has 4 nitrogen and oxygen atoms in total. The van der Waals surface area contributed by atoms with Crippen molar-refractivity contribution in [2.45, 2.75) is 19.4 Å². The van der Waals surface area contributed by atoms with Crippen molar-refractivity contribution >= 4 is 5.71 Å². The lowest BCUT2D eigenvalue weighted by Crippen LogP contribution is -2.29. The van der Waals surface area contributed by atoms with Crippen LogP contribution in [-0.2, 0) is 11.2 Å². The molecule has 4 heteroatoms. The highest BCUT2D eigenvalue weighted by molar-refractivity contribution is 5.92. The highest BCUT2D eigenvalue weighted by Gasteiger charge is 2.30. The second-order valence-electron chi connectivity index (χ2n) is 4.29. The summed E-state index contributed by atoms with van der Waals surface area (Å²) in [6.07, 6.45) is 3.71. The molecular formula is C13H13NO3. The largest absolute Gasteiger partial charge is 0.508 e. The van der Waals surface area contributed by atoms with Crippen molar-refractivity contribution in [2.24, 2.45) is 4.99 Å². The van der Waals surface area contributed by atoms with E-state index < -0.39 is 0 Å². The number of benzene rings is 1. The summed E-state index contributed by atoms with van der Waals surface area (Å²) in [7, 11) is 0. The minimum Gasteiger partial charge on any atom is -0.508 e. The van der Waals surface area contributed by atoms with E-state index in [2.05, 4.69) is 4.99 Å². The molecule has 2 heterocycles. The van der Waals surface area contributed by atoms with Crippen LogP contribution >= 0.6 is 0 Å². The molecule has 0 spiro atoms. The van der Waals surface area contributed by atoms with Crippen LogP contribution in [0.3, 0.4) is 0 Å². The normalized spacial score (nSPS) is 21.5. The molecule has 0 saturated heterocycles. The number of phenolic OH excluding ortho intramolecular Hbond substituents is 1. The fourth-order valence-electron chi connectivity index (χ4n) is 2.16.